The van der Waals surface area contributed by atoms with E-state index < -0.39 is 15.1 Å². The maximum Gasteiger partial charge on any atom is 0.260 e. The average molecular weight is 346 g/mol. The van der Waals surface area contributed by atoms with E-state index in [1.807, 2.05) is 0 Å². The fraction of sp³-hybridized carbons (Fsp3) is 0.273. The van der Waals surface area contributed by atoms with E-state index in [-0.39, 0.29) is 11.7 Å². The first-order valence-electron chi connectivity index (χ1n) is 5.37. The molecule has 0 aliphatic heterocycles. The summed E-state index contributed by atoms with van der Waals surface area (Å²) in [6, 6.07) is 5.22. The van der Waals surface area contributed by atoms with Gasteiger partial charge in [0.25, 0.3) is 5.89 Å². The zero-order valence-electron chi connectivity index (χ0n) is 10.3. The Morgan fingerprint density at radius 3 is 2.74 bits per heavy atom. The third kappa shape index (κ3) is 2.95. The minimum atomic E-state index is -3.27. The molecule has 0 amide bonds. The first-order valence-corrected chi connectivity index (χ1v) is 8.11. The van der Waals surface area contributed by atoms with Crippen molar-refractivity contribution in [1.29, 1.82) is 0 Å². The van der Waals surface area contributed by atoms with E-state index in [0.29, 0.717) is 11.3 Å². The number of nitrogens with zero attached hydrogens (tertiary/aromatic N) is 2. The summed E-state index contributed by atoms with van der Waals surface area (Å²) < 4.78 is 28.8. The number of sulfone groups is 1. The molecule has 1 heterocycles. The second-order valence-corrected chi connectivity index (χ2v) is 7.44. The number of hydrogen-bond acceptors (Lipinski definition) is 6. The molecule has 0 saturated carbocycles. The van der Waals surface area contributed by atoms with Crippen molar-refractivity contribution in [2.45, 2.75) is 12.2 Å². The van der Waals surface area contributed by atoms with Crippen LogP contribution < -0.4 is 5.73 Å². The maximum absolute atomic E-state index is 11.4. The average Bonchev–Trinajstić information content (AvgIpc) is 2.79. The summed E-state index contributed by atoms with van der Waals surface area (Å²) in [6.45, 7) is 1.51. The van der Waals surface area contributed by atoms with Crippen molar-refractivity contribution in [3.63, 3.8) is 0 Å². The number of rotatable bonds is 3. The second-order valence-electron chi connectivity index (χ2n) is 4.16. The Kier molecular flexibility index (Phi) is 3.64. The number of nitrogen functional groups attached to an aromatic ring is 1. The Labute approximate surface area is 119 Å². The molecule has 1 atom stereocenters. The van der Waals surface area contributed by atoms with Gasteiger partial charge in [-0.25, -0.2) is 8.42 Å². The minimum Gasteiger partial charge on any atom is -0.398 e. The molecule has 0 spiro atoms. The SMILES string of the molecule is CC(c1noc(-c2cc(Br)ccc2N)n1)S(C)(=O)=O. The van der Waals surface area contributed by atoms with Crippen LogP contribution in [-0.2, 0) is 9.84 Å². The van der Waals surface area contributed by atoms with Crippen molar-refractivity contribution in [2.24, 2.45) is 0 Å². The largest absolute Gasteiger partial charge is 0.398 e. The highest BCUT2D eigenvalue weighted by atomic mass is 79.9. The van der Waals surface area contributed by atoms with Crippen LogP contribution in [0.1, 0.15) is 18.0 Å². The van der Waals surface area contributed by atoms with E-state index in [1.54, 1.807) is 18.2 Å². The molecule has 102 valence electrons. The molecule has 0 fully saturated rings. The van der Waals surface area contributed by atoms with Crippen LogP contribution in [0.2, 0.25) is 0 Å². The van der Waals surface area contributed by atoms with Gasteiger partial charge in [-0.1, -0.05) is 21.1 Å². The Hall–Kier alpha value is -1.41. The quantitative estimate of drug-likeness (QED) is 0.856. The lowest BCUT2D eigenvalue weighted by atomic mass is 10.2. The van der Waals surface area contributed by atoms with Gasteiger partial charge in [0.2, 0.25) is 0 Å². The summed E-state index contributed by atoms with van der Waals surface area (Å²) >= 11 is 3.32. The number of nitrogens with two attached hydrogens (primary N) is 1. The number of halogens is 1. The number of hydrogen-bond donors (Lipinski definition) is 1. The van der Waals surface area contributed by atoms with Crippen LogP contribution in [0.15, 0.2) is 27.2 Å². The Balaban J connectivity index is 2.44. The smallest absolute Gasteiger partial charge is 0.260 e. The molecule has 0 radical (unpaired) electrons. The molecule has 0 saturated heterocycles. The van der Waals surface area contributed by atoms with Gasteiger partial charge in [-0.3, -0.25) is 0 Å². The van der Waals surface area contributed by atoms with Crippen molar-refractivity contribution in [2.75, 3.05) is 12.0 Å². The summed E-state index contributed by atoms with van der Waals surface area (Å²) in [5.74, 6) is 0.321. The first-order chi connectivity index (χ1) is 8.79. The van der Waals surface area contributed by atoms with E-state index in [9.17, 15) is 8.42 Å². The number of benzene rings is 1. The summed E-state index contributed by atoms with van der Waals surface area (Å²) in [5, 5.41) is 2.87. The Morgan fingerprint density at radius 2 is 2.11 bits per heavy atom. The van der Waals surface area contributed by atoms with Crippen molar-refractivity contribution >= 4 is 31.5 Å². The lowest BCUT2D eigenvalue weighted by Crippen LogP contribution is -2.09. The molecular weight excluding hydrogens is 334 g/mol. The molecule has 0 aliphatic rings. The lowest BCUT2D eigenvalue weighted by Gasteiger charge is -2.02. The summed E-state index contributed by atoms with van der Waals surface area (Å²) in [4.78, 5) is 4.09. The molecule has 2 aromatic rings. The molecule has 2 rings (SSSR count). The van der Waals surface area contributed by atoms with E-state index in [4.69, 9.17) is 10.3 Å². The van der Waals surface area contributed by atoms with Crippen molar-refractivity contribution in [1.82, 2.24) is 10.1 Å². The monoisotopic (exact) mass is 345 g/mol. The van der Waals surface area contributed by atoms with Crippen molar-refractivity contribution < 1.29 is 12.9 Å². The molecule has 6 nitrogen and oxygen atoms in total. The summed E-state index contributed by atoms with van der Waals surface area (Å²) in [5.41, 5.74) is 6.87. The normalized spacial score (nSPS) is 13.4. The van der Waals surface area contributed by atoms with E-state index in [0.717, 1.165) is 10.7 Å². The topological polar surface area (TPSA) is 99.1 Å². The van der Waals surface area contributed by atoms with Gasteiger partial charge in [0.15, 0.2) is 15.7 Å². The third-order valence-electron chi connectivity index (χ3n) is 2.69. The van der Waals surface area contributed by atoms with Crippen LogP contribution in [0.4, 0.5) is 5.69 Å². The minimum absolute atomic E-state index is 0.122. The van der Waals surface area contributed by atoms with Gasteiger partial charge in [0.1, 0.15) is 5.25 Å². The van der Waals surface area contributed by atoms with E-state index in [2.05, 4.69) is 26.1 Å². The van der Waals surface area contributed by atoms with E-state index in [1.165, 1.54) is 6.92 Å². The molecule has 19 heavy (non-hydrogen) atoms. The highest BCUT2D eigenvalue weighted by Gasteiger charge is 2.24. The molecule has 0 bridgehead atoms. The van der Waals surface area contributed by atoms with Crippen LogP contribution >= 0.6 is 15.9 Å². The summed E-state index contributed by atoms with van der Waals surface area (Å²) in [7, 11) is -3.27. The molecular formula is C11H12BrN3O3S. The molecule has 8 heteroatoms. The third-order valence-corrected chi connectivity index (χ3v) is 4.68. The van der Waals surface area contributed by atoms with Gasteiger partial charge in [0.05, 0.1) is 5.56 Å². The van der Waals surface area contributed by atoms with Crippen LogP contribution in [0.5, 0.6) is 0 Å². The number of anilines is 1. The zero-order valence-corrected chi connectivity index (χ0v) is 12.7. The molecule has 1 unspecified atom stereocenters. The first kappa shape index (κ1) is 14.0. The van der Waals surface area contributed by atoms with Crippen LogP contribution in [0.25, 0.3) is 11.5 Å². The molecule has 2 N–H and O–H groups in total. The lowest BCUT2D eigenvalue weighted by molar-refractivity contribution is 0.422. The number of aromatic nitrogens is 2. The highest BCUT2D eigenvalue weighted by Crippen LogP contribution is 2.29. The highest BCUT2D eigenvalue weighted by molar-refractivity contribution is 9.10. The molecule has 1 aromatic heterocycles. The van der Waals surface area contributed by atoms with Crippen LogP contribution in [-0.4, -0.2) is 24.8 Å². The maximum atomic E-state index is 11.4. The van der Waals surface area contributed by atoms with Crippen LogP contribution in [0, 0.1) is 0 Å². The van der Waals surface area contributed by atoms with Gasteiger partial charge in [-0.2, -0.15) is 4.98 Å². The fourth-order valence-corrected chi connectivity index (χ4v) is 2.25. The van der Waals surface area contributed by atoms with Crippen molar-refractivity contribution in [3.05, 3.63) is 28.5 Å². The van der Waals surface area contributed by atoms with Gasteiger partial charge in [-0.15, -0.1) is 0 Å². The van der Waals surface area contributed by atoms with E-state index >= 15 is 0 Å². The van der Waals surface area contributed by atoms with Gasteiger partial charge in [-0.05, 0) is 25.1 Å². The van der Waals surface area contributed by atoms with Gasteiger partial charge >= 0.3 is 0 Å². The fourth-order valence-electron chi connectivity index (χ4n) is 1.41. The second kappa shape index (κ2) is 4.93. The Bertz CT molecular complexity index is 712. The van der Waals surface area contributed by atoms with Crippen molar-refractivity contribution in [3.8, 4) is 11.5 Å². The van der Waals surface area contributed by atoms with Gasteiger partial charge < -0.3 is 10.3 Å². The Morgan fingerprint density at radius 1 is 1.42 bits per heavy atom. The standard InChI is InChI=1S/C11H12BrN3O3S/c1-6(19(2,16)17)10-14-11(18-15-10)8-5-7(12)3-4-9(8)13/h3-6H,13H2,1-2H3. The van der Waals surface area contributed by atoms with Crippen LogP contribution in [0.3, 0.4) is 0 Å². The summed E-state index contributed by atoms with van der Waals surface area (Å²) in [6.07, 6.45) is 1.13. The predicted octanol–water partition coefficient (Wildman–Crippen LogP) is 2.19. The molecule has 1 aromatic carbocycles. The molecule has 0 aliphatic carbocycles. The van der Waals surface area contributed by atoms with Gasteiger partial charge in [0, 0.05) is 16.4 Å². The predicted molar refractivity (Wildman–Crippen MR) is 75.1 cm³/mol. The zero-order chi connectivity index (χ0) is 14.2.